The predicted molar refractivity (Wildman–Crippen MR) is 104 cm³/mol. The van der Waals surface area contributed by atoms with E-state index in [9.17, 15) is 9.59 Å². The van der Waals surface area contributed by atoms with E-state index in [0.717, 1.165) is 10.9 Å². The van der Waals surface area contributed by atoms with Crippen molar-refractivity contribution in [2.24, 2.45) is 0 Å². The molecular weight excluding hydrogens is 370 g/mol. The zero-order chi connectivity index (χ0) is 19.6. The van der Waals surface area contributed by atoms with Gasteiger partial charge in [0.15, 0.2) is 6.10 Å². The molecule has 1 aromatic heterocycles. The van der Waals surface area contributed by atoms with Crippen LogP contribution in [0.2, 0.25) is 5.02 Å². The second kappa shape index (κ2) is 7.72. The summed E-state index contributed by atoms with van der Waals surface area (Å²) in [6.07, 6.45) is -0.778. The molecule has 0 bridgehead atoms. The minimum atomic E-state index is -0.778. The molecule has 1 amide bonds. The molecule has 0 radical (unpaired) electrons. The van der Waals surface area contributed by atoms with Gasteiger partial charge in [0.1, 0.15) is 17.1 Å². The summed E-state index contributed by atoms with van der Waals surface area (Å²) in [4.78, 5) is 23.9. The Morgan fingerprint density at radius 1 is 1.19 bits per heavy atom. The molecule has 2 aromatic carbocycles. The number of fused-ring (bicyclic) bond motifs is 1. The number of nitrogens with one attached hydrogen (secondary N) is 1. The molecule has 0 spiro atoms. The lowest BCUT2D eigenvalue weighted by atomic mass is 10.1. The summed E-state index contributed by atoms with van der Waals surface area (Å²) >= 11 is 6.06. The van der Waals surface area contributed by atoms with E-state index in [4.69, 9.17) is 25.5 Å². The molecule has 0 aliphatic rings. The maximum absolute atomic E-state index is 12.4. The summed E-state index contributed by atoms with van der Waals surface area (Å²) in [6.45, 7) is 3.45. The number of ether oxygens (including phenoxy) is 2. The molecule has 0 aliphatic carbocycles. The third-order valence-corrected chi connectivity index (χ3v) is 4.32. The van der Waals surface area contributed by atoms with Crippen LogP contribution in [-0.4, -0.2) is 19.1 Å². The fourth-order valence-corrected chi connectivity index (χ4v) is 2.88. The normalized spacial score (nSPS) is 11.9. The van der Waals surface area contributed by atoms with Crippen molar-refractivity contribution in [1.82, 2.24) is 0 Å². The number of halogens is 1. The van der Waals surface area contributed by atoms with Crippen LogP contribution in [0.3, 0.4) is 0 Å². The van der Waals surface area contributed by atoms with Crippen LogP contribution in [0.25, 0.3) is 11.0 Å². The molecule has 1 N–H and O–H groups in total. The second-order valence-corrected chi connectivity index (χ2v) is 6.41. The molecule has 0 saturated carbocycles. The van der Waals surface area contributed by atoms with E-state index in [2.05, 4.69) is 5.32 Å². The highest BCUT2D eigenvalue weighted by molar-refractivity contribution is 6.32. The van der Waals surface area contributed by atoms with Crippen LogP contribution in [0, 0.1) is 6.92 Å². The highest BCUT2D eigenvalue weighted by Crippen LogP contribution is 2.27. The van der Waals surface area contributed by atoms with Gasteiger partial charge in [-0.2, -0.15) is 0 Å². The van der Waals surface area contributed by atoms with E-state index in [1.165, 1.54) is 13.2 Å². The number of aryl methyl sites for hydroxylation is 1. The smallest absolute Gasteiger partial charge is 0.336 e. The van der Waals surface area contributed by atoms with Gasteiger partial charge < -0.3 is 19.2 Å². The number of hydrogen-bond donors (Lipinski definition) is 1. The number of carbonyl (C=O) groups is 1. The fourth-order valence-electron chi connectivity index (χ4n) is 2.62. The summed E-state index contributed by atoms with van der Waals surface area (Å²) in [5.74, 6) is 0.598. The van der Waals surface area contributed by atoms with Crippen molar-refractivity contribution >= 4 is 34.2 Å². The molecular formula is C20H18ClNO5. The van der Waals surface area contributed by atoms with Crippen LogP contribution in [0.1, 0.15) is 12.5 Å². The third kappa shape index (κ3) is 4.23. The Morgan fingerprint density at radius 2 is 1.96 bits per heavy atom. The topological polar surface area (TPSA) is 77.8 Å². The summed E-state index contributed by atoms with van der Waals surface area (Å²) in [5.41, 5.74) is 1.32. The van der Waals surface area contributed by atoms with Gasteiger partial charge in [0.25, 0.3) is 5.91 Å². The first-order valence-electron chi connectivity index (χ1n) is 8.23. The van der Waals surface area contributed by atoms with Crippen LogP contribution < -0.4 is 20.4 Å². The van der Waals surface area contributed by atoms with Gasteiger partial charge >= 0.3 is 5.63 Å². The molecule has 1 unspecified atom stereocenters. The Bertz CT molecular complexity index is 1060. The van der Waals surface area contributed by atoms with Gasteiger partial charge in [-0.25, -0.2) is 4.79 Å². The maximum atomic E-state index is 12.4. The summed E-state index contributed by atoms with van der Waals surface area (Å²) < 4.78 is 16.0. The molecule has 27 heavy (non-hydrogen) atoms. The quantitative estimate of drug-likeness (QED) is 0.665. The van der Waals surface area contributed by atoms with Gasteiger partial charge in [0.05, 0.1) is 12.1 Å². The molecule has 1 atom stereocenters. The van der Waals surface area contributed by atoms with Crippen molar-refractivity contribution in [3.63, 3.8) is 0 Å². The molecule has 0 fully saturated rings. The lowest BCUT2D eigenvalue weighted by Crippen LogP contribution is -2.30. The molecule has 3 aromatic rings. The van der Waals surface area contributed by atoms with E-state index in [1.54, 1.807) is 43.3 Å². The Balaban J connectivity index is 1.73. The molecule has 3 rings (SSSR count). The zero-order valence-corrected chi connectivity index (χ0v) is 15.8. The summed E-state index contributed by atoms with van der Waals surface area (Å²) in [6, 6.07) is 11.5. The monoisotopic (exact) mass is 387 g/mol. The maximum Gasteiger partial charge on any atom is 0.336 e. The first-order chi connectivity index (χ1) is 12.9. The number of benzene rings is 2. The van der Waals surface area contributed by atoms with E-state index in [1.807, 2.05) is 6.92 Å². The van der Waals surface area contributed by atoms with Crippen molar-refractivity contribution in [2.75, 3.05) is 12.4 Å². The fraction of sp³-hybridized carbons (Fsp3) is 0.200. The van der Waals surface area contributed by atoms with Crippen LogP contribution in [0.15, 0.2) is 51.7 Å². The van der Waals surface area contributed by atoms with Gasteiger partial charge in [0.2, 0.25) is 0 Å². The number of methoxy groups -OCH3 is 1. The lowest BCUT2D eigenvalue weighted by Gasteiger charge is -2.15. The van der Waals surface area contributed by atoms with Crippen molar-refractivity contribution in [3.8, 4) is 11.5 Å². The average molecular weight is 388 g/mol. The first-order valence-corrected chi connectivity index (χ1v) is 8.61. The van der Waals surface area contributed by atoms with Crippen molar-refractivity contribution in [3.05, 3.63) is 63.5 Å². The van der Waals surface area contributed by atoms with E-state index in [-0.39, 0.29) is 5.91 Å². The van der Waals surface area contributed by atoms with E-state index in [0.29, 0.717) is 27.8 Å². The highest BCUT2D eigenvalue weighted by Gasteiger charge is 2.16. The number of rotatable bonds is 5. The molecule has 0 aliphatic heterocycles. The third-order valence-electron chi connectivity index (χ3n) is 4.02. The molecule has 1 heterocycles. The van der Waals surface area contributed by atoms with Gasteiger partial charge in [0, 0.05) is 23.2 Å². The zero-order valence-electron chi connectivity index (χ0n) is 15.0. The Hall–Kier alpha value is -2.99. The van der Waals surface area contributed by atoms with Crippen molar-refractivity contribution < 1.29 is 18.7 Å². The Kier molecular flexibility index (Phi) is 5.37. The van der Waals surface area contributed by atoms with Crippen LogP contribution in [0.5, 0.6) is 11.5 Å². The van der Waals surface area contributed by atoms with Crippen molar-refractivity contribution in [2.45, 2.75) is 20.0 Å². The van der Waals surface area contributed by atoms with E-state index >= 15 is 0 Å². The Labute approximate surface area is 160 Å². The first kappa shape index (κ1) is 18.8. The van der Waals surface area contributed by atoms with Gasteiger partial charge in [-0.05, 0) is 49.7 Å². The summed E-state index contributed by atoms with van der Waals surface area (Å²) in [7, 11) is 1.52. The minimum absolute atomic E-state index is 0.345. The van der Waals surface area contributed by atoms with Crippen LogP contribution in [0.4, 0.5) is 5.69 Å². The van der Waals surface area contributed by atoms with Gasteiger partial charge in [-0.15, -0.1) is 0 Å². The molecule has 7 heteroatoms. The lowest BCUT2D eigenvalue weighted by molar-refractivity contribution is -0.122. The summed E-state index contributed by atoms with van der Waals surface area (Å²) in [5, 5.41) is 3.94. The second-order valence-electron chi connectivity index (χ2n) is 6.01. The largest absolute Gasteiger partial charge is 0.495 e. The van der Waals surface area contributed by atoms with Crippen LogP contribution >= 0.6 is 11.6 Å². The number of carbonyl (C=O) groups excluding carboxylic acids is 1. The SMILES string of the molecule is COc1ccc(NC(=O)C(C)Oc2ccc3c(C)cc(=O)oc3c2)cc1Cl. The molecule has 6 nitrogen and oxygen atoms in total. The Morgan fingerprint density at radius 3 is 2.67 bits per heavy atom. The van der Waals surface area contributed by atoms with Crippen LogP contribution in [-0.2, 0) is 4.79 Å². The number of hydrogen-bond acceptors (Lipinski definition) is 5. The molecule has 0 saturated heterocycles. The van der Waals surface area contributed by atoms with Gasteiger partial charge in [-0.3, -0.25) is 4.79 Å². The minimum Gasteiger partial charge on any atom is -0.495 e. The standard InChI is InChI=1S/C20H18ClNO5/c1-11-8-19(23)27-18-10-14(5-6-15(11)18)26-12(2)20(24)22-13-4-7-17(25-3)16(21)9-13/h4-10,12H,1-3H3,(H,22,24). The number of amides is 1. The van der Waals surface area contributed by atoms with Crippen molar-refractivity contribution in [1.29, 1.82) is 0 Å². The average Bonchev–Trinajstić information content (AvgIpc) is 2.61. The van der Waals surface area contributed by atoms with Gasteiger partial charge in [-0.1, -0.05) is 11.6 Å². The highest BCUT2D eigenvalue weighted by atomic mass is 35.5. The predicted octanol–water partition coefficient (Wildman–Crippen LogP) is 4.17. The van der Waals surface area contributed by atoms with E-state index < -0.39 is 11.7 Å². The molecule has 140 valence electrons. The number of anilines is 1.